The number of benzene rings is 1. The van der Waals surface area contributed by atoms with E-state index in [1.165, 1.54) is 24.8 Å². The van der Waals surface area contributed by atoms with E-state index in [0.717, 1.165) is 49.0 Å². The van der Waals surface area contributed by atoms with Gasteiger partial charge in [-0.3, -0.25) is 4.90 Å². The van der Waals surface area contributed by atoms with Gasteiger partial charge in [-0.05, 0) is 64.9 Å². The predicted molar refractivity (Wildman–Crippen MR) is 150 cm³/mol. The number of esters is 1. The summed E-state index contributed by atoms with van der Waals surface area (Å²) < 4.78 is 13.6. The molecule has 3 aromatic rings. The lowest BCUT2D eigenvalue weighted by Gasteiger charge is -2.42. The molecule has 2 aromatic heterocycles. The maximum atomic E-state index is 12.9. The summed E-state index contributed by atoms with van der Waals surface area (Å²) in [6.45, 7) is 9.27. The topological polar surface area (TPSA) is 72.7 Å². The van der Waals surface area contributed by atoms with Crippen molar-refractivity contribution in [1.29, 1.82) is 0 Å². The Bertz CT molecular complexity index is 1260. The Labute approximate surface area is 225 Å². The molecule has 0 atom stereocenters. The van der Waals surface area contributed by atoms with Gasteiger partial charge in [-0.1, -0.05) is 43.5 Å². The maximum Gasteiger partial charge on any atom is 0.357 e. The first-order valence-electron chi connectivity index (χ1n) is 14.1. The van der Waals surface area contributed by atoms with Crippen LogP contribution in [0.1, 0.15) is 75.0 Å². The number of carbonyl (C=O) groups is 1. The summed E-state index contributed by atoms with van der Waals surface area (Å²) in [5.41, 5.74) is 4.20. The van der Waals surface area contributed by atoms with Crippen molar-refractivity contribution in [2.45, 2.75) is 77.6 Å². The Morgan fingerprint density at radius 1 is 1.11 bits per heavy atom. The van der Waals surface area contributed by atoms with E-state index < -0.39 is 5.97 Å². The molecule has 1 aliphatic carbocycles. The minimum Gasteiger partial charge on any atom is -0.473 e. The summed E-state index contributed by atoms with van der Waals surface area (Å²) in [5, 5.41) is 5.81. The molecule has 0 spiro atoms. The molecular weight excluding hydrogens is 478 g/mol. The molecule has 38 heavy (non-hydrogen) atoms. The van der Waals surface area contributed by atoms with E-state index in [0.29, 0.717) is 29.9 Å². The number of aromatic nitrogens is 3. The van der Waals surface area contributed by atoms with E-state index in [4.69, 9.17) is 19.6 Å². The SMILES string of the molecule is CCOC(=O)c1cc(-c2ccc(CN3CC(N(C)C)C3)cc2)c2c(OC(C)C)nn(C3CCCCC3)c2n1. The van der Waals surface area contributed by atoms with Crippen LogP contribution in [0.2, 0.25) is 0 Å². The second-order valence-corrected chi connectivity index (χ2v) is 11.2. The van der Waals surface area contributed by atoms with Crippen molar-refractivity contribution in [3.05, 3.63) is 41.6 Å². The van der Waals surface area contributed by atoms with Gasteiger partial charge in [-0.25, -0.2) is 14.5 Å². The molecule has 3 heterocycles. The van der Waals surface area contributed by atoms with E-state index in [2.05, 4.69) is 48.2 Å². The minimum absolute atomic E-state index is 0.0321. The number of rotatable bonds is 9. The Hall–Kier alpha value is -2.97. The van der Waals surface area contributed by atoms with Gasteiger partial charge < -0.3 is 14.4 Å². The fraction of sp³-hybridized carbons (Fsp3) is 0.567. The molecule has 1 aromatic carbocycles. The van der Waals surface area contributed by atoms with E-state index >= 15 is 0 Å². The largest absolute Gasteiger partial charge is 0.473 e. The standard InChI is InChI=1S/C30H41N5O3/c1-6-37-30(36)26-16-25(22-14-12-21(13-15-22)17-34-18-24(19-34)33(4)5)27-28(31-26)35(23-10-8-7-9-11-23)32-29(27)38-20(2)3/h12-16,20,23-24H,6-11,17-19H2,1-5H3. The molecule has 0 radical (unpaired) electrons. The third-order valence-electron chi connectivity index (χ3n) is 7.72. The summed E-state index contributed by atoms with van der Waals surface area (Å²) in [6.07, 6.45) is 5.67. The van der Waals surface area contributed by atoms with Crippen molar-refractivity contribution < 1.29 is 14.3 Å². The molecular formula is C30H41N5O3. The van der Waals surface area contributed by atoms with Crippen molar-refractivity contribution >= 4 is 17.0 Å². The van der Waals surface area contributed by atoms with Gasteiger partial charge in [0.2, 0.25) is 5.88 Å². The zero-order valence-corrected chi connectivity index (χ0v) is 23.4. The molecule has 0 N–H and O–H groups in total. The van der Waals surface area contributed by atoms with Crippen LogP contribution in [0, 0.1) is 0 Å². The molecule has 2 fully saturated rings. The van der Waals surface area contributed by atoms with Gasteiger partial charge in [-0.15, -0.1) is 5.10 Å². The second-order valence-electron chi connectivity index (χ2n) is 11.2. The Kier molecular flexibility index (Phi) is 8.00. The monoisotopic (exact) mass is 519 g/mol. The van der Waals surface area contributed by atoms with Crippen LogP contribution in [-0.2, 0) is 11.3 Å². The van der Waals surface area contributed by atoms with Gasteiger partial charge in [0.15, 0.2) is 11.3 Å². The summed E-state index contributed by atoms with van der Waals surface area (Å²) in [4.78, 5) is 22.4. The predicted octanol–water partition coefficient (Wildman–Crippen LogP) is 5.31. The van der Waals surface area contributed by atoms with E-state index in [-0.39, 0.29) is 12.1 Å². The van der Waals surface area contributed by atoms with Crippen LogP contribution in [0.15, 0.2) is 30.3 Å². The number of ether oxygens (including phenoxy) is 2. The van der Waals surface area contributed by atoms with Crippen LogP contribution in [0.3, 0.4) is 0 Å². The molecule has 1 aliphatic heterocycles. The lowest BCUT2D eigenvalue weighted by molar-refractivity contribution is 0.0520. The third kappa shape index (κ3) is 5.57. The minimum atomic E-state index is -0.414. The number of nitrogens with zero attached hydrogens (tertiary/aromatic N) is 5. The first-order valence-corrected chi connectivity index (χ1v) is 14.1. The lowest BCUT2D eigenvalue weighted by atomic mass is 9.95. The van der Waals surface area contributed by atoms with Crippen molar-refractivity contribution in [3.8, 4) is 17.0 Å². The molecule has 0 unspecified atom stereocenters. The number of hydrogen-bond acceptors (Lipinski definition) is 7. The summed E-state index contributed by atoms with van der Waals surface area (Å²) in [7, 11) is 4.29. The van der Waals surface area contributed by atoms with Gasteiger partial charge in [0.25, 0.3) is 0 Å². The Morgan fingerprint density at radius 2 is 1.82 bits per heavy atom. The van der Waals surface area contributed by atoms with Crippen LogP contribution in [0.25, 0.3) is 22.2 Å². The highest BCUT2D eigenvalue weighted by atomic mass is 16.5. The highest BCUT2D eigenvalue weighted by molar-refractivity contribution is 6.01. The second kappa shape index (κ2) is 11.4. The van der Waals surface area contributed by atoms with Crippen LogP contribution in [0.4, 0.5) is 0 Å². The highest BCUT2D eigenvalue weighted by Crippen LogP contribution is 2.39. The molecule has 204 valence electrons. The average molecular weight is 520 g/mol. The zero-order chi connectivity index (χ0) is 26.8. The van der Waals surface area contributed by atoms with Crippen molar-refractivity contribution in [1.82, 2.24) is 24.6 Å². The number of likely N-dealkylation sites (N-methyl/N-ethyl adjacent to an activating group) is 1. The smallest absolute Gasteiger partial charge is 0.357 e. The number of hydrogen-bond donors (Lipinski definition) is 0. The fourth-order valence-corrected chi connectivity index (χ4v) is 5.57. The maximum absolute atomic E-state index is 12.9. The summed E-state index contributed by atoms with van der Waals surface area (Å²) >= 11 is 0. The Balaban J connectivity index is 1.55. The fourth-order valence-electron chi connectivity index (χ4n) is 5.57. The first-order chi connectivity index (χ1) is 18.3. The van der Waals surface area contributed by atoms with Gasteiger partial charge in [0.1, 0.15) is 0 Å². The van der Waals surface area contributed by atoms with E-state index in [1.807, 2.05) is 31.5 Å². The van der Waals surface area contributed by atoms with Crippen LogP contribution < -0.4 is 4.74 Å². The molecule has 0 bridgehead atoms. The number of pyridine rings is 1. The van der Waals surface area contributed by atoms with Gasteiger partial charge >= 0.3 is 5.97 Å². The van der Waals surface area contributed by atoms with Crippen molar-refractivity contribution in [2.24, 2.45) is 0 Å². The molecule has 8 nitrogen and oxygen atoms in total. The van der Waals surface area contributed by atoms with Gasteiger partial charge in [-0.2, -0.15) is 0 Å². The van der Waals surface area contributed by atoms with Crippen LogP contribution in [-0.4, -0.2) is 76.5 Å². The zero-order valence-electron chi connectivity index (χ0n) is 23.4. The van der Waals surface area contributed by atoms with Gasteiger partial charge in [0.05, 0.1) is 24.1 Å². The van der Waals surface area contributed by atoms with Crippen molar-refractivity contribution in [2.75, 3.05) is 33.8 Å². The normalized spacial score (nSPS) is 17.3. The molecule has 2 aliphatic rings. The number of carbonyl (C=O) groups excluding carboxylic acids is 1. The van der Waals surface area contributed by atoms with E-state index in [9.17, 15) is 4.79 Å². The van der Waals surface area contributed by atoms with Crippen LogP contribution >= 0.6 is 0 Å². The third-order valence-corrected chi connectivity index (χ3v) is 7.72. The van der Waals surface area contributed by atoms with Crippen molar-refractivity contribution in [3.63, 3.8) is 0 Å². The molecule has 0 amide bonds. The highest BCUT2D eigenvalue weighted by Gasteiger charge is 2.29. The molecule has 8 heteroatoms. The average Bonchev–Trinajstić information content (AvgIpc) is 3.24. The molecule has 5 rings (SSSR count). The number of likely N-dealkylation sites (tertiary alicyclic amines) is 1. The molecule has 1 saturated carbocycles. The Morgan fingerprint density at radius 3 is 2.45 bits per heavy atom. The summed E-state index contributed by atoms with van der Waals surface area (Å²) in [5.74, 6) is 0.168. The molecule has 1 saturated heterocycles. The lowest BCUT2D eigenvalue weighted by Crippen LogP contribution is -2.56. The first kappa shape index (κ1) is 26.6. The van der Waals surface area contributed by atoms with Gasteiger partial charge in [0, 0.05) is 31.2 Å². The summed E-state index contributed by atoms with van der Waals surface area (Å²) in [6, 6.07) is 11.4. The quantitative estimate of drug-likeness (QED) is 0.355. The van der Waals surface area contributed by atoms with Crippen LogP contribution in [0.5, 0.6) is 5.88 Å². The van der Waals surface area contributed by atoms with E-state index in [1.54, 1.807) is 0 Å². The number of fused-ring (bicyclic) bond motifs is 1.